The quantitative estimate of drug-likeness (QED) is 0.352. The van der Waals surface area contributed by atoms with Gasteiger partial charge in [0.2, 0.25) is 5.91 Å². The molecule has 2 N–H and O–H groups in total. The minimum atomic E-state index is -0.967. The number of benzene rings is 1. The molecule has 0 saturated carbocycles. The van der Waals surface area contributed by atoms with E-state index < -0.39 is 12.1 Å². The van der Waals surface area contributed by atoms with Gasteiger partial charge in [-0.2, -0.15) is 0 Å². The Kier molecular flexibility index (Phi) is 10.2. The van der Waals surface area contributed by atoms with Gasteiger partial charge in [0.05, 0.1) is 12.8 Å². The molecule has 0 heterocycles. The molecule has 5 nitrogen and oxygen atoms in total. The second-order valence-corrected chi connectivity index (χ2v) is 8.65. The van der Waals surface area contributed by atoms with E-state index >= 15 is 0 Å². The highest BCUT2D eigenvalue weighted by atomic mass is 127. The number of rotatable bonds is 9. The van der Waals surface area contributed by atoms with Crippen molar-refractivity contribution in [1.82, 2.24) is 0 Å². The van der Waals surface area contributed by atoms with Crippen molar-refractivity contribution >= 4 is 85.3 Å². The topological polar surface area (TPSA) is 75.6 Å². The Balaban J connectivity index is 3.13. The summed E-state index contributed by atoms with van der Waals surface area (Å²) < 4.78 is 8.27. The molecule has 0 radical (unpaired) electrons. The van der Waals surface area contributed by atoms with Gasteiger partial charge in [-0.3, -0.25) is 4.79 Å². The van der Waals surface area contributed by atoms with E-state index in [1.807, 2.05) is 19.9 Å². The van der Waals surface area contributed by atoms with Crippen LogP contribution >= 0.6 is 67.8 Å². The lowest BCUT2D eigenvalue weighted by atomic mass is 10.1. The highest BCUT2D eigenvalue weighted by molar-refractivity contribution is 14.1. The largest absolute Gasteiger partial charge is 0.479 e. The van der Waals surface area contributed by atoms with Crippen LogP contribution in [-0.2, 0) is 9.59 Å². The maximum Gasteiger partial charge on any atom is 0.344 e. The van der Waals surface area contributed by atoms with Crippen molar-refractivity contribution in [2.75, 3.05) is 5.32 Å². The third-order valence-electron chi connectivity index (χ3n) is 3.22. The molecule has 0 aliphatic rings. The van der Waals surface area contributed by atoms with Crippen molar-refractivity contribution in [3.8, 4) is 5.75 Å². The molecule has 24 heavy (non-hydrogen) atoms. The maximum absolute atomic E-state index is 11.9. The van der Waals surface area contributed by atoms with Gasteiger partial charge in [0, 0.05) is 9.99 Å². The first kappa shape index (κ1) is 22.2. The van der Waals surface area contributed by atoms with E-state index in [1.54, 1.807) is 0 Å². The average Bonchev–Trinajstić information content (AvgIpc) is 2.50. The maximum atomic E-state index is 11.9. The molecule has 8 heteroatoms. The van der Waals surface area contributed by atoms with Crippen LogP contribution in [0.3, 0.4) is 0 Å². The molecule has 1 rings (SSSR count). The van der Waals surface area contributed by atoms with Gasteiger partial charge in [-0.15, -0.1) is 0 Å². The zero-order valence-electron chi connectivity index (χ0n) is 13.5. The number of ether oxygens (including phenoxy) is 1. The van der Waals surface area contributed by atoms with E-state index in [4.69, 9.17) is 4.74 Å². The van der Waals surface area contributed by atoms with Gasteiger partial charge in [0.25, 0.3) is 0 Å². The Labute approximate surface area is 183 Å². The summed E-state index contributed by atoms with van der Waals surface area (Å²) in [6.07, 6.45) is 2.49. The van der Waals surface area contributed by atoms with Crippen LogP contribution < -0.4 is 10.1 Å². The molecular formula is C16H20I3NO4. The van der Waals surface area contributed by atoms with Crippen LogP contribution in [0.15, 0.2) is 6.07 Å². The van der Waals surface area contributed by atoms with Crippen molar-refractivity contribution in [3.05, 3.63) is 16.8 Å². The number of hydrogen-bond donors (Lipinski definition) is 2. The summed E-state index contributed by atoms with van der Waals surface area (Å²) >= 11 is 6.40. The lowest BCUT2D eigenvalue weighted by Gasteiger charge is -2.20. The van der Waals surface area contributed by atoms with E-state index in [0.29, 0.717) is 24.3 Å². The molecule has 0 bridgehead atoms. The van der Waals surface area contributed by atoms with Crippen LogP contribution in [0.5, 0.6) is 5.75 Å². The van der Waals surface area contributed by atoms with Crippen molar-refractivity contribution < 1.29 is 19.4 Å². The molecule has 1 unspecified atom stereocenters. The van der Waals surface area contributed by atoms with Gasteiger partial charge >= 0.3 is 5.97 Å². The molecule has 0 aliphatic heterocycles. The predicted molar refractivity (Wildman–Crippen MR) is 120 cm³/mol. The minimum Gasteiger partial charge on any atom is -0.479 e. The number of carbonyl (C=O) groups excluding carboxylic acids is 1. The van der Waals surface area contributed by atoms with Crippen molar-refractivity contribution in [2.24, 2.45) is 0 Å². The number of amides is 1. The van der Waals surface area contributed by atoms with Crippen LogP contribution in [0.2, 0.25) is 0 Å². The Morgan fingerprint density at radius 3 is 2.42 bits per heavy atom. The van der Waals surface area contributed by atoms with E-state index in [2.05, 4.69) is 73.1 Å². The standard InChI is InChI=1S/C16H20I3NO4/c1-3-5-7-11(16(22)23)24-15-10(18)8-9(17)14(13(15)19)20-12(21)6-4-2/h8,11H,3-7H2,1-2H3,(H,20,21)(H,22,23). The number of carboxylic acids is 1. The van der Waals surface area contributed by atoms with Crippen LogP contribution in [0.25, 0.3) is 0 Å². The summed E-state index contributed by atoms with van der Waals surface area (Å²) in [5.41, 5.74) is 0.685. The first-order chi connectivity index (χ1) is 11.3. The van der Waals surface area contributed by atoms with Crippen molar-refractivity contribution in [1.29, 1.82) is 0 Å². The number of carbonyl (C=O) groups is 2. The molecule has 0 aromatic heterocycles. The van der Waals surface area contributed by atoms with Crippen molar-refractivity contribution in [3.63, 3.8) is 0 Å². The normalized spacial score (nSPS) is 11.9. The van der Waals surface area contributed by atoms with E-state index in [0.717, 1.165) is 30.0 Å². The molecule has 134 valence electrons. The molecule has 1 aromatic carbocycles. The van der Waals surface area contributed by atoms with Gasteiger partial charge in [-0.25, -0.2) is 4.79 Å². The monoisotopic (exact) mass is 671 g/mol. The molecule has 1 amide bonds. The van der Waals surface area contributed by atoms with E-state index in [-0.39, 0.29) is 5.91 Å². The Hall–Kier alpha value is 0.150. The van der Waals surface area contributed by atoms with Crippen LogP contribution in [0, 0.1) is 10.7 Å². The third kappa shape index (κ3) is 6.46. The van der Waals surface area contributed by atoms with Gasteiger partial charge in [-0.05, 0) is 93.1 Å². The highest BCUT2D eigenvalue weighted by Crippen LogP contribution is 2.37. The van der Waals surface area contributed by atoms with Crippen LogP contribution in [0.1, 0.15) is 46.0 Å². The van der Waals surface area contributed by atoms with Gasteiger partial charge in [-0.1, -0.05) is 20.3 Å². The SMILES string of the molecule is CCCCC(Oc1c(I)cc(I)c(NC(=O)CCC)c1I)C(=O)O. The summed E-state index contributed by atoms with van der Waals surface area (Å²) in [5, 5.41) is 12.3. The first-order valence-electron chi connectivity index (χ1n) is 7.68. The number of carboxylic acid groups (broad SMARTS) is 1. The Bertz CT molecular complexity index is 607. The van der Waals surface area contributed by atoms with Crippen molar-refractivity contribution in [2.45, 2.75) is 52.1 Å². The highest BCUT2D eigenvalue weighted by Gasteiger charge is 2.24. The fourth-order valence-corrected chi connectivity index (χ4v) is 5.88. The number of unbranched alkanes of at least 4 members (excludes halogenated alkanes) is 1. The summed E-state index contributed by atoms with van der Waals surface area (Å²) in [6, 6.07) is 1.89. The summed E-state index contributed by atoms with van der Waals surface area (Å²) in [7, 11) is 0. The van der Waals surface area contributed by atoms with Crippen LogP contribution in [-0.4, -0.2) is 23.1 Å². The van der Waals surface area contributed by atoms with Gasteiger partial charge < -0.3 is 15.2 Å². The number of halogens is 3. The molecule has 0 spiro atoms. The second-order valence-electron chi connectivity index (χ2n) is 5.24. The van der Waals surface area contributed by atoms with Crippen LogP contribution in [0.4, 0.5) is 5.69 Å². The number of aliphatic carboxylic acids is 1. The molecule has 0 saturated heterocycles. The lowest BCUT2D eigenvalue weighted by Crippen LogP contribution is -2.28. The molecule has 0 fully saturated rings. The summed E-state index contributed by atoms with van der Waals surface area (Å²) in [6.45, 7) is 3.96. The smallest absolute Gasteiger partial charge is 0.344 e. The average molecular weight is 671 g/mol. The Morgan fingerprint density at radius 2 is 1.88 bits per heavy atom. The third-order valence-corrected chi connectivity index (χ3v) is 5.91. The summed E-state index contributed by atoms with van der Waals surface area (Å²) in [4.78, 5) is 23.4. The zero-order valence-corrected chi connectivity index (χ0v) is 20.0. The zero-order chi connectivity index (χ0) is 18.3. The molecular weight excluding hydrogens is 651 g/mol. The van der Waals surface area contributed by atoms with E-state index in [9.17, 15) is 14.7 Å². The second kappa shape index (κ2) is 11.0. The predicted octanol–water partition coefficient (Wildman–Crippen LogP) is 5.26. The number of nitrogens with one attached hydrogen (secondary N) is 1. The molecule has 1 aromatic rings. The fourth-order valence-electron chi connectivity index (χ4n) is 1.99. The fraction of sp³-hybridized carbons (Fsp3) is 0.500. The van der Waals surface area contributed by atoms with E-state index in [1.165, 1.54) is 0 Å². The van der Waals surface area contributed by atoms with Gasteiger partial charge in [0.15, 0.2) is 6.10 Å². The van der Waals surface area contributed by atoms with Gasteiger partial charge in [0.1, 0.15) is 5.75 Å². The molecule has 0 aliphatic carbocycles. The molecule has 1 atom stereocenters. The number of anilines is 1. The minimum absolute atomic E-state index is 0.0544. The lowest BCUT2D eigenvalue weighted by molar-refractivity contribution is -0.145. The Morgan fingerprint density at radius 1 is 1.21 bits per heavy atom. The number of hydrogen-bond acceptors (Lipinski definition) is 3. The summed E-state index contributed by atoms with van der Waals surface area (Å²) in [5.74, 6) is -0.502. The first-order valence-corrected chi connectivity index (χ1v) is 10.9.